The lowest BCUT2D eigenvalue weighted by molar-refractivity contribution is 0.0489. The summed E-state index contributed by atoms with van der Waals surface area (Å²) in [6.07, 6.45) is 7.63. The number of hydrogen-bond donors (Lipinski definition) is 0. The van der Waals surface area contributed by atoms with Crippen molar-refractivity contribution in [3.8, 4) is 0 Å². The van der Waals surface area contributed by atoms with Gasteiger partial charge in [0.15, 0.2) is 8.32 Å². The van der Waals surface area contributed by atoms with Crippen LogP contribution >= 0.6 is 0 Å². The zero-order chi connectivity index (χ0) is 19.2. The van der Waals surface area contributed by atoms with Gasteiger partial charge in [0.1, 0.15) is 0 Å². The van der Waals surface area contributed by atoms with Gasteiger partial charge in [-0.15, -0.1) is 0 Å². The molecule has 148 valence electrons. The van der Waals surface area contributed by atoms with Crippen LogP contribution in [0.5, 0.6) is 0 Å². The first-order valence-corrected chi connectivity index (χ1v) is 12.8. The van der Waals surface area contributed by atoms with Gasteiger partial charge in [0.05, 0.1) is 12.2 Å². The van der Waals surface area contributed by atoms with Crippen molar-refractivity contribution < 1.29 is 9.16 Å². The summed E-state index contributed by atoms with van der Waals surface area (Å²) in [6, 6.07) is 0. The van der Waals surface area contributed by atoms with Gasteiger partial charge in [-0.2, -0.15) is 0 Å². The van der Waals surface area contributed by atoms with Crippen LogP contribution in [0.2, 0.25) is 16.6 Å². The van der Waals surface area contributed by atoms with Crippen LogP contribution in [0.4, 0.5) is 0 Å². The van der Waals surface area contributed by atoms with E-state index < -0.39 is 8.32 Å². The third kappa shape index (κ3) is 5.67. The molecule has 0 aromatic rings. The summed E-state index contributed by atoms with van der Waals surface area (Å²) in [6.45, 7) is 21.8. The molecule has 0 radical (unpaired) electrons. The highest BCUT2D eigenvalue weighted by Gasteiger charge is 2.44. The number of rotatable bonds is 10. The molecule has 0 saturated carbocycles. The van der Waals surface area contributed by atoms with Gasteiger partial charge in [-0.05, 0) is 60.7 Å². The molecule has 0 aliphatic carbocycles. The van der Waals surface area contributed by atoms with E-state index in [-0.39, 0.29) is 0 Å². The highest BCUT2D eigenvalue weighted by atomic mass is 28.4. The van der Waals surface area contributed by atoms with Gasteiger partial charge in [0.25, 0.3) is 0 Å². The van der Waals surface area contributed by atoms with E-state index in [0.717, 1.165) is 25.9 Å². The van der Waals surface area contributed by atoms with E-state index in [2.05, 4.69) is 68.4 Å². The smallest absolute Gasteiger partial charge is 0.200 e. The van der Waals surface area contributed by atoms with Crippen LogP contribution in [0.25, 0.3) is 0 Å². The molecule has 0 spiro atoms. The Morgan fingerprint density at radius 1 is 1.12 bits per heavy atom. The van der Waals surface area contributed by atoms with Gasteiger partial charge >= 0.3 is 0 Å². The topological polar surface area (TPSA) is 18.5 Å². The Bertz CT molecular complexity index is 392. The Morgan fingerprint density at radius 2 is 1.68 bits per heavy atom. The van der Waals surface area contributed by atoms with Crippen LogP contribution in [-0.4, -0.2) is 27.1 Å². The van der Waals surface area contributed by atoms with Crippen LogP contribution < -0.4 is 0 Å². The predicted octanol–water partition coefficient (Wildman–Crippen LogP) is 7.11. The minimum Gasteiger partial charge on any atom is -0.416 e. The van der Waals surface area contributed by atoms with Crippen molar-refractivity contribution in [2.24, 2.45) is 5.92 Å². The lowest BCUT2D eigenvalue weighted by Crippen LogP contribution is -2.48. The van der Waals surface area contributed by atoms with Crippen LogP contribution in [0, 0.1) is 5.92 Å². The Morgan fingerprint density at radius 3 is 2.16 bits per heavy atom. The molecule has 0 aromatic carbocycles. The largest absolute Gasteiger partial charge is 0.416 e. The average molecular weight is 369 g/mol. The summed E-state index contributed by atoms with van der Waals surface area (Å²) >= 11 is 0. The lowest BCUT2D eigenvalue weighted by Gasteiger charge is -2.42. The maximum atomic E-state index is 6.69. The predicted molar refractivity (Wildman–Crippen MR) is 113 cm³/mol. The van der Waals surface area contributed by atoms with E-state index in [1.165, 1.54) is 12.0 Å². The summed E-state index contributed by atoms with van der Waals surface area (Å²) in [7, 11) is -1.71. The maximum Gasteiger partial charge on any atom is 0.200 e. The van der Waals surface area contributed by atoms with Gasteiger partial charge in [-0.25, -0.2) is 0 Å². The minimum atomic E-state index is -1.71. The number of ether oxygens (including phenoxy) is 1. The molecular formula is C22H44O2Si. The number of allylic oxidation sites excluding steroid dienone is 1. The van der Waals surface area contributed by atoms with Gasteiger partial charge < -0.3 is 9.16 Å². The third-order valence-electron chi connectivity index (χ3n) is 6.20. The average Bonchev–Trinajstić information content (AvgIpc) is 2.87. The molecule has 1 fully saturated rings. The first-order chi connectivity index (χ1) is 11.7. The fourth-order valence-electron chi connectivity index (χ4n) is 5.18. The maximum absolute atomic E-state index is 6.69. The standard InChI is InChI=1S/C22H44O2Si/c1-10-12-19(8)22-20(9)15-21(24-22)13-11-14-23-25(16(2)3,17(4)5)18(6)7/h12,16-18,20-22H,10-11,13-15H2,1-9H3/b19-12+/t20-,21-,22+/m1/s1. The van der Waals surface area contributed by atoms with E-state index in [1.54, 1.807) is 0 Å². The number of hydrogen-bond acceptors (Lipinski definition) is 2. The molecule has 25 heavy (non-hydrogen) atoms. The van der Waals surface area contributed by atoms with Crippen molar-refractivity contribution in [2.75, 3.05) is 6.61 Å². The SMILES string of the molecule is CC/C=C(\C)[C@@H]1O[C@H](CCCO[Si](C(C)C)(C(C)C)C(C)C)C[C@H]1C. The van der Waals surface area contributed by atoms with Crippen molar-refractivity contribution >= 4 is 8.32 Å². The molecule has 2 nitrogen and oxygen atoms in total. The minimum absolute atomic E-state index is 0.335. The molecule has 1 rings (SSSR count). The Balaban J connectivity index is 2.51. The summed E-state index contributed by atoms with van der Waals surface area (Å²) in [4.78, 5) is 0. The van der Waals surface area contributed by atoms with Gasteiger partial charge in [0.2, 0.25) is 0 Å². The van der Waals surface area contributed by atoms with E-state index in [9.17, 15) is 0 Å². The fraction of sp³-hybridized carbons (Fsp3) is 0.909. The first-order valence-electron chi connectivity index (χ1n) is 10.6. The monoisotopic (exact) mass is 368 g/mol. The second-order valence-corrected chi connectivity index (χ2v) is 14.5. The molecule has 0 amide bonds. The molecule has 0 N–H and O–H groups in total. The summed E-state index contributed by atoms with van der Waals surface area (Å²) in [5, 5.41) is 0. The van der Waals surface area contributed by atoms with Crippen LogP contribution in [0.15, 0.2) is 11.6 Å². The summed E-state index contributed by atoms with van der Waals surface area (Å²) in [5.41, 5.74) is 3.42. The van der Waals surface area contributed by atoms with Crippen LogP contribution in [0.3, 0.4) is 0 Å². The van der Waals surface area contributed by atoms with Crippen molar-refractivity contribution in [2.45, 2.75) is 117 Å². The molecule has 1 aliphatic heterocycles. The van der Waals surface area contributed by atoms with Gasteiger partial charge in [-0.1, -0.05) is 61.5 Å². The normalized spacial score (nSPS) is 25.6. The van der Waals surface area contributed by atoms with E-state index in [0.29, 0.717) is 34.7 Å². The molecule has 1 aliphatic rings. The molecule has 0 bridgehead atoms. The van der Waals surface area contributed by atoms with E-state index in [1.807, 2.05) is 0 Å². The van der Waals surface area contributed by atoms with Crippen molar-refractivity contribution in [1.82, 2.24) is 0 Å². The molecule has 1 heterocycles. The van der Waals surface area contributed by atoms with Crippen molar-refractivity contribution in [1.29, 1.82) is 0 Å². The Kier molecular flexibility index (Phi) is 9.42. The highest BCUT2D eigenvalue weighted by Crippen LogP contribution is 2.42. The molecule has 0 unspecified atom stereocenters. The Labute approximate surface area is 158 Å². The molecule has 1 saturated heterocycles. The third-order valence-corrected chi connectivity index (χ3v) is 12.3. The fourth-order valence-corrected chi connectivity index (χ4v) is 10.7. The molecule has 3 heteroatoms. The van der Waals surface area contributed by atoms with Crippen molar-refractivity contribution in [3.05, 3.63) is 11.6 Å². The van der Waals surface area contributed by atoms with Crippen LogP contribution in [-0.2, 0) is 9.16 Å². The van der Waals surface area contributed by atoms with Gasteiger partial charge in [0, 0.05) is 6.61 Å². The molecule has 3 atom stereocenters. The lowest BCUT2D eigenvalue weighted by atomic mass is 9.95. The summed E-state index contributed by atoms with van der Waals surface area (Å²) in [5.74, 6) is 0.643. The van der Waals surface area contributed by atoms with E-state index >= 15 is 0 Å². The first kappa shape index (κ1) is 22.9. The molecule has 0 aromatic heterocycles. The quantitative estimate of drug-likeness (QED) is 0.232. The summed E-state index contributed by atoms with van der Waals surface area (Å²) < 4.78 is 13.0. The van der Waals surface area contributed by atoms with Gasteiger partial charge in [-0.3, -0.25) is 0 Å². The zero-order valence-corrected chi connectivity index (χ0v) is 19.4. The van der Waals surface area contributed by atoms with E-state index in [4.69, 9.17) is 9.16 Å². The van der Waals surface area contributed by atoms with Crippen LogP contribution in [0.1, 0.15) is 88.0 Å². The zero-order valence-electron chi connectivity index (χ0n) is 18.4. The molecular weight excluding hydrogens is 324 g/mol. The van der Waals surface area contributed by atoms with Crippen molar-refractivity contribution in [3.63, 3.8) is 0 Å². The highest BCUT2D eigenvalue weighted by molar-refractivity contribution is 6.77. The Hall–Kier alpha value is -0.123. The second kappa shape index (κ2) is 10.3. The second-order valence-electron chi connectivity index (χ2n) is 9.06.